The van der Waals surface area contributed by atoms with Crippen molar-refractivity contribution in [1.29, 1.82) is 0 Å². The number of carbonyl (C=O) groups is 2. The zero-order valence-electron chi connectivity index (χ0n) is 25.2. The van der Waals surface area contributed by atoms with Crippen LogP contribution in [0, 0.1) is 0 Å². The first-order valence-electron chi connectivity index (χ1n) is 15.3. The van der Waals surface area contributed by atoms with Crippen LogP contribution in [0.5, 0.6) is 0 Å². The summed E-state index contributed by atoms with van der Waals surface area (Å²) in [6.07, 6.45) is 12.6. The lowest BCUT2D eigenvalue weighted by Gasteiger charge is -2.40. The van der Waals surface area contributed by atoms with Crippen LogP contribution < -0.4 is 5.32 Å². The summed E-state index contributed by atoms with van der Waals surface area (Å²) in [5.41, 5.74) is 5.51. The lowest BCUT2D eigenvalue weighted by Crippen LogP contribution is -2.50. The molecule has 0 radical (unpaired) electrons. The van der Waals surface area contributed by atoms with E-state index in [1.807, 2.05) is 40.9 Å². The average Bonchev–Trinajstić information content (AvgIpc) is 3.40. The first-order chi connectivity index (χ1) is 21.4. The van der Waals surface area contributed by atoms with Gasteiger partial charge in [-0.3, -0.25) is 14.7 Å². The molecule has 2 aromatic heterocycles. The van der Waals surface area contributed by atoms with Crippen molar-refractivity contribution in [2.45, 2.75) is 50.3 Å². The van der Waals surface area contributed by atoms with Gasteiger partial charge < -0.3 is 24.3 Å². The van der Waals surface area contributed by atoms with Crippen LogP contribution in [-0.4, -0.2) is 82.3 Å². The number of carbonyl (C=O) groups excluding carboxylic acids is 2. The predicted octanol–water partition coefficient (Wildman–Crippen LogP) is 5.00. The summed E-state index contributed by atoms with van der Waals surface area (Å²) in [4.78, 5) is 39.4. The Labute approximate surface area is 263 Å². The Morgan fingerprint density at radius 3 is 2.64 bits per heavy atom. The van der Waals surface area contributed by atoms with E-state index in [9.17, 15) is 9.59 Å². The number of hydrogen-bond acceptors (Lipinski definition) is 7. The van der Waals surface area contributed by atoms with E-state index in [0.717, 1.165) is 59.3 Å². The van der Waals surface area contributed by atoms with Crippen molar-refractivity contribution in [3.8, 4) is 0 Å². The number of pyridine rings is 1. The minimum Gasteiger partial charge on any atom is -0.446 e. The number of fused-ring (bicyclic) bond motifs is 2. The molecule has 3 aliphatic rings. The Hall–Kier alpha value is -3.73. The molecule has 2 amide bonds. The molecule has 232 valence electrons. The largest absolute Gasteiger partial charge is 0.446 e. The topological polar surface area (TPSA) is 102 Å². The van der Waals surface area contributed by atoms with Gasteiger partial charge in [0.15, 0.2) is 0 Å². The third kappa shape index (κ3) is 6.38. The van der Waals surface area contributed by atoms with Gasteiger partial charge in [0.05, 0.1) is 36.0 Å². The molecule has 1 saturated heterocycles. The Bertz CT molecular complexity index is 1530. The maximum atomic E-state index is 13.0. The molecule has 0 spiro atoms. The minimum atomic E-state index is -0.527. The fraction of sp³-hybridized carbons (Fsp3) is 0.455. The molecule has 3 heterocycles. The quantitative estimate of drug-likeness (QED) is 0.397. The van der Waals surface area contributed by atoms with Gasteiger partial charge in [-0.15, -0.1) is 0 Å². The summed E-state index contributed by atoms with van der Waals surface area (Å²) in [5, 5.41) is 3.76. The number of methoxy groups -OCH3 is 1. The van der Waals surface area contributed by atoms with Gasteiger partial charge in [-0.05, 0) is 72.2 Å². The molecule has 44 heavy (non-hydrogen) atoms. The number of ether oxygens (including phenoxy) is 2. The van der Waals surface area contributed by atoms with Crippen molar-refractivity contribution in [1.82, 2.24) is 29.7 Å². The molecule has 2 fully saturated rings. The number of amides is 2. The van der Waals surface area contributed by atoms with E-state index < -0.39 is 6.04 Å². The number of halogens is 1. The molecule has 2 unspecified atom stereocenters. The van der Waals surface area contributed by atoms with Crippen LogP contribution in [0.1, 0.15) is 72.3 Å². The van der Waals surface area contributed by atoms with E-state index in [2.05, 4.69) is 33.4 Å². The van der Waals surface area contributed by atoms with E-state index in [0.29, 0.717) is 31.2 Å². The van der Waals surface area contributed by atoms with Gasteiger partial charge in [0.2, 0.25) is 5.91 Å². The highest BCUT2D eigenvalue weighted by Gasteiger charge is 2.36. The van der Waals surface area contributed by atoms with E-state index in [1.165, 1.54) is 13.5 Å². The lowest BCUT2D eigenvalue weighted by atomic mass is 9.89. The van der Waals surface area contributed by atoms with Gasteiger partial charge >= 0.3 is 6.09 Å². The first kappa shape index (κ1) is 30.3. The van der Waals surface area contributed by atoms with Crippen molar-refractivity contribution in [2.75, 3.05) is 39.9 Å². The summed E-state index contributed by atoms with van der Waals surface area (Å²) in [7, 11) is 3.41. The Kier molecular flexibility index (Phi) is 9.30. The van der Waals surface area contributed by atoms with E-state index in [1.54, 1.807) is 12.5 Å². The molecule has 1 N–H and O–H groups in total. The lowest BCUT2D eigenvalue weighted by molar-refractivity contribution is -0.125. The molecule has 1 aliphatic heterocycles. The van der Waals surface area contributed by atoms with Crippen LogP contribution in [0.2, 0.25) is 5.02 Å². The van der Waals surface area contributed by atoms with Gasteiger partial charge in [-0.25, -0.2) is 9.78 Å². The fourth-order valence-electron chi connectivity index (χ4n) is 6.65. The van der Waals surface area contributed by atoms with Gasteiger partial charge in [0.25, 0.3) is 0 Å². The van der Waals surface area contributed by atoms with Gasteiger partial charge in [-0.2, -0.15) is 0 Å². The van der Waals surface area contributed by atoms with Gasteiger partial charge in [0, 0.05) is 51.6 Å². The highest BCUT2D eigenvalue weighted by Crippen LogP contribution is 2.44. The van der Waals surface area contributed by atoms with Gasteiger partial charge in [0.1, 0.15) is 12.7 Å². The summed E-state index contributed by atoms with van der Waals surface area (Å²) < 4.78 is 12.9. The summed E-state index contributed by atoms with van der Waals surface area (Å²) in [6.45, 7) is 2.38. The maximum absolute atomic E-state index is 13.0. The van der Waals surface area contributed by atoms with Crippen LogP contribution in [0.4, 0.5) is 4.79 Å². The second-order valence-electron chi connectivity index (χ2n) is 11.7. The Morgan fingerprint density at radius 2 is 1.91 bits per heavy atom. The van der Waals surface area contributed by atoms with Crippen molar-refractivity contribution in [3.05, 3.63) is 82.2 Å². The molecule has 3 aromatic rings. The SMILES string of the molecule is COCC(=O)NC(C1=Cc2cccnc2C(N2CCN(C(=O)OC3CCCCC3)CC2)c2ccc(Cl)cc21)c1cncn1C. The number of benzene rings is 1. The van der Waals surface area contributed by atoms with Crippen LogP contribution in [0.3, 0.4) is 0 Å². The molecule has 11 heteroatoms. The molecule has 1 saturated carbocycles. The van der Waals surface area contributed by atoms with Gasteiger partial charge in [-0.1, -0.05) is 30.2 Å². The first-order valence-corrected chi connectivity index (χ1v) is 15.7. The van der Waals surface area contributed by atoms with Crippen LogP contribution in [-0.2, 0) is 21.3 Å². The maximum Gasteiger partial charge on any atom is 0.410 e. The minimum absolute atomic E-state index is 0.0325. The van der Waals surface area contributed by atoms with E-state index in [-0.39, 0.29) is 30.8 Å². The molecule has 1 aromatic carbocycles. The molecule has 2 atom stereocenters. The zero-order chi connectivity index (χ0) is 30.6. The Balaban J connectivity index is 1.35. The number of rotatable bonds is 7. The van der Waals surface area contributed by atoms with Crippen molar-refractivity contribution in [2.24, 2.45) is 7.05 Å². The van der Waals surface area contributed by atoms with Crippen molar-refractivity contribution < 1.29 is 19.1 Å². The van der Waals surface area contributed by atoms with Crippen molar-refractivity contribution in [3.63, 3.8) is 0 Å². The highest BCUT2D eigenvalue weighted by atomic mass is 35.5. The summed E-state index contributed by atoms with van der Waals surface area (Å²) >= 11 is 6.65. The summed E-state index contributed by atoms with van der Waals surface area (Å²) in [5.74, 6) is -0.244. The fourth-order valence-corrected chi connectivity index (χ4v) is 6.82. The monoisotopic (exact) mass is 618 g/mol. The second kappa shape index (κ2) is 13.5. The Morgan fingerprint density at radius 1 is 1.11 bits per heavy atom. The number of imidazole rings is 1. The number of nitrogens with one attached hydrogen (secondary N) is 1. The summed E-state index contributed by atoms with van der Waals surface area (Å²) in [6, 6.07) is 9.18. The number of hydrogen-bond donors (Lipinski definition) is 1. The zero-order valence-corrected chi connectivity index (χ0v) is 26.0. The van der Waals surface area contributed by atoms with E-state index >= 15 is 0 Å². The molecule has 2 aliphatic carbocycles. The third-order valence-electron chi connectivity index (χ3n) is 8.86. The van der Waals surface area contributed by atoms with Crippen LogP contribution in [0.15, 0.2) is 49.1 Å². The van der Waals surface area contributed by atoms with Crippen LogP contribution >= 0.6 is 11.6 Å². The van der Waals surface area contributed by atoms with E-state index in [4.69, 9.17) is 26.1 Å². The predicted molar refractivity (Wildman–Crippen MR) is 168 cm³/mol. The molecule has 6 rings (SSSR count). The average molecular weight is 619 g/mol. The highest BCUT2D eigenvalue weighted by molar-refractivity contribution is 6.30. The molecule has 0 bridgehead atoms. The normalized spacial score (nSPS) is 19.8. The molecular formula is C33H39ClN6O4. The number of aromatic nitrogens is 3. The molecular weight excluding hydrogens is 580 g/mol. The van der Waals surface area contributed by atoms with Crippen molar-refractivity contribution >= 4 is 35.3 Å². The van der Waals surface area contributed by atoms with Crippen LogP contribution in [0.25, 0.3) is 11.6 Å². The third-order valence-corrected chi connectivity index (χ3v) is 9.10. The number of piperazine rings is 1. The number of nitrogens with zero attached hydrogens (tertiary/aromatic N) is 5. The molecule has 10 nitrogen and oxygen atoms in total. The smallest absolute Gasteiger partial charge is 0.410 e. The number of aryl methyl sites for hydroxylation is 1. The standard InChI is InChI=1S/C33H39ClN6O4/c1-38-21-35-19-28(38)31(37-29(41)20-43-2)27-17-22-7-6-12-36-30(22)32(25-11-10-23(34)18-26(25)27)39-13-15-40(16-14-39)33(42)44-24-8-4-3-5-9-24/h6-7,10-12,17-19,21,24,31-32H,3-5,8-9,13-16,20H2,1-2H3,(H,37,41). The second-order valence-corrected chi connectivity index (χ2v) is 12.2.